The molecule has 1 rings (SSSR count). The molecular formula is C14H22N2O. The highest BCUT2D eigenvalue weighted by Crippen LogP contribution is 2.18. The monoisotopic (exact) mass is 234 g/mol. The van der Waals surface area contributed by atoms with E-state index in [0.29, 0.717) is 6.54 Å². The van der Waals surface area contributed by atoms with Crippen LogP contribution in [0.5, 0.6) is 0 Å². The molecule has 3 heteroatoms. The quantitative estimate of drug-likeness (QED) is 0.819. The summed E-state index contributed by atoms with van der Waals surface area (Å²) in [7, 11) is 0. The number of aryl methyl sites for hydroxylation is 2. The fourth-order valence-corrected chi connectivity index (χ4v) is 1.92. The van der Waals surface area contributed by atoms with E-state index >= 15 is 0 Å². The summed E-state index contributed by atoms with van der Waals surface area (Å²) >= 11 is 0. The van der Waals surface area contributed by atoms with E-state index in [2.05, 4.69) is 42.7 Å². The number of amides is 1. The van der Waals surface area contributed by atoms with Crippen molar-refractivity contribution in [3.05, 3.63) is 34.9 Å². The Morgan fingerprint density at radius 3 is 2.65 bits per heavy atom. The van der Waals surface area contributed by atoms with Crippen molar-refractivity contribution in [3.8, 4) is 0 Å². The molecule has 0 bridgehead atoms. The summed E-state index contributed by atoms with van der Waals surface area (Å²) in [5, 5.41) is 6.01. The lowest BCUT2D eigenvalue weighted by molar-refractivity contribution is -0.120. The standard InChI is InChI=1S/C14H22N2O/c1-5-15-9-14(17)16-12(4)13-7-6-10(2)8-11(13)3/h6-8,12,15H,5,9H2,1-4H3,(H,16,17). The largest absolute Gasteiger partial charge is 0.348 e. The Labute approximate surface area is 104 Å². The summed E-state index contributed by atoms with van der Waals surface area (Å²) in [5.74, 6) is 0.0410. The van der Waals surface area contributed by atoms with E-state index in [1.807, 2.05) is 13.8 Å². The predicted molar refractivity (Wildman–Crippen MR) is 71.0 cm³/mol. The predicted octanol–water partition coefficient (Wildman–Crippen LogP) is 2.09. The summed E-state index contributed by atoms with van der Waals surface area (Å²) in [6, 6.07) is 6.36. The van der Waals surface area contributed by atoms with E-state index in [1.165, 1.54) is 16.7 Å². The van der Waals surface area contributed by atoms with Crippen LogP contribution in [0.1, 0.15) is 36.6 Å². The Hall–Kier alpha value is -1.35. The molecule has 0 radical (unpaired) electrons. The van der Waals surface area contributed by atoms with Crippen molar-refractivity contribution in [2.45, 2.75) is 33.7 Å². The molecular weight excluding hydrogens is 212 g/mol. The zero-order valence-corrected chi connectivity index (χ0v) is 11.1. The fourth-order valence-electron chi connectivity index (χ4n) is 1.92. The van der Waals surface area contributed by atoms with Crippen LogP contribution in [0.2, 0.25) is 0 Å². The summed E-state index contributed by atoms with van der Waals surface area (Å²) in [5.41, 5.74) is 3.65. The van der Waals surface area contributed by atoms with E-state index < -0.39 is 0 Å². The van der Waals surface area contributed by atoms with E-state index in [4.69, 9.17) is 0 Å². The highest BCUT2D eigenvalue weighted by molar-refractivity contribution is 5.78. The maximum atomic E-state index is 11.6. The first-order valence-electron chi connectivity index (χ1n) is 6.11. The van der Waals surface area contributed by atoms with E-state index in [9.17, 15) is 4.79 Å². The number of hydrogen-bond donors (Lipinski definition) is 2. The lowest BCUT2D eigenvalue weighted by Crippen LogP contribution is -2.35. The number of benzene rings is 1. The molecule has 0 aliphatic rings. The van der Waals surface area contributed by atoms with E-state index in [1.54, 1.807) is 0 Å². The number of carbonyl (C=O) groups is 1. The van der Waals surface area contributed by atoms with Gasteiger partial charge in [0.2, 0.25) is 5.91 Å². The summed E-state index contributed by atoms with van der Waals surface area (Å²) in [6.07, 6.45) is 0. The number of nitrogens with one attached hydrogen (secondary N) is 2. The third-order valence-corrected chi connectivity index (χ3v) is 2.80. The SMILES string of the molecule is CCNCC(=O)NC(C)c1ccc(C)cc1C. The maximum Gasteiger partial charge on any atom is 0.234 e. The van der Waals surface area contributed by atoms with E-state index in [-0.39, 0.29) is 11.9 Å². The smallest absolute Gasteiger partial charge is 0.234 e. The topological polar surface area (TPSA) is 41.1 Å². The van der Waals surface area contributed by atoms with Crippen LogP contribution >= 0.6 is 0 Å². The van der Waals surface area contributed by atoms with Gasteiger partial charge >= 0.3 is 0 Å². The fraction of sp³-hybridized carbons (Fsp3) is 0.500. The Balaban J connectivity index is 2.63. The molecule has 2 N–H and O–H groups in total. The van der Waals surface area contributed by atoms with Gasteiger partial charge in [0.1, 0.15) is 0 Å². The second-order valence-corrected chi connectivity index (χ2v) is 4.43. The van der Waals surface area contributed by atoms with Crippen molar-refractivity contribution in [1.82, 2.24) is 10.6 Å². The van der Waals surface area contributed by atoms with Crippen molar-refractivity contribution in [2.24, 2.45) is 0 Å². The van der Waals surface area contributed by atoms with Crippen LogP contribution in [0, 0.1) is 13.8 Å². The second kappa shape index (κ2) is 6.40. The van der Waals surface area contributed by atoms with Gasteiger partial charge in [-0.1, -0.05) is 30.7 Å². The molecule has 3 nitrogen and oxygen atoms in total. The van der Waals surface area contributed by atoms with Crippen molar-refractivity contribution < 1.29 is 4.79 Å². The van der Waals surface area contributed by atoms with Crippen LogP contribution in [0.3, 0.4) is 0 Å². The highest BCUT2D eigenvalue weighted by atomic mass is 16.1. The second-order valence-electron chi connectivity index (χ2n) is 4.43. The van der Waals surface area contributed by atoms with Crippen LogP contribution in [-0.4, -0.2) is 19.0 Å². The lowest BCUT2D eigenvalue weighted by Gasteiger charge is -2.17. The summed E-state index contributed by atoms with van der Waals surface area (Å²) in [6.45, 7) is 9.35. The number of hydrogen-bond acceptors (Lipinski definition) is 2. The molecule has 0 fully saturated rings. The minimum absolute atomic E-state index is 0.0410. The number of carbonyl (C=O) groups excluding carboxylic acids is 1. The van der Waals surface area contributed by atoms with Gasteiger partial charge in [0.05, 0.1) is 12.6 Å². The average molecular weight is 234 g/mol. The summed E-state index contributed by atoms with van der Waals surface area (Å²) in [4.78, 5) is 11.6. The average Bonchev–Trinajstić information content (AvgIpc) is 2.26. The molecule has 0 spiro atoms. The van der Waals surface area contributed by atoms with Crippen LogP contribution in [-0.2, 0) is 4.79 Å². The van der Waals surface area contributed by atoms with Gasteiger partial charge in [-0.25, -0.2) is 0 Å². The zero-order chi connectivity index (χ0) is 12.8. The minimum Gasteiger partial charge on any atom is -0.348 e. The number of rotatable bonds is 5. The molecule has 1 aromatic carbocycles. The van der Waals surface area contributed by atoms with Gasteiger partial charge in [0.25, 0.3) is 0 Å². The first-order chi connectivity index (χ1) is 8.04. The molecule has 94 valence electrons. The van der Waals surface area contributed by atoms with Crippen molar-refractivity contribution >= 4 is 5.91 Å². The van der Waals surface area contributed by atoms with Gasteiger partial charge in [-0.05, 0) is 38.4 Å². The Bertz CT molecular complexity index is 388. The Morgan fingerprint density at radius 1 is 1.35 bits per heavy atom. The molecule has 0 heterocycles. The normalized spacial score (nSPS) is 12.2. The van der Waals surface area contributed by atoms with E-state index in [0.717, 1.165) is 6.54 Å². The van der Waals surface area contributed by atoms with Gasteiger partial charge in [-0.15, -0.1) is 0 Å². The Kier molecular flexibility index (Phi) is 5.16. The van der Waals surface area contributed by atoms with Gasteiger partial charge in [0, 0.05) is 0 Å². The molecule has 1 atom stereocenters. The highest BCUT2D eigenvalue weighted by Gasteiger charge is 2.10. The molecule has 17 heavy (non-hydrogen) atoms. The molecule has 0 aromatic heterocycles. The van der Waals surface area contributed by atoms with Crippen molar-refractivity contribution in [2.75, 3.05) is 13.1 Å². The first-order valence-corrected chi connectivity index (χ1v) is 6.11. The first kappa shape index (κ1) is 13.7. The van der Waals surface area contributed by atoms with Crippen LogP contribution in [0.15, 0.2) is 18.2 Å². The van der Waals surface area contributed by atoms with Crippen LogP contribution < -0.4 is 10.6 Å². The zero-order valence-electron chi connectivity index (χ0n) is 11.1. The van der Waals surface area contributed by atoms with Gasteiger partial charge in [-0.2, -0.15) is 0 Å². The summed E-state index contributed by atoms with van der Waals surface area (Å²) < 4.78 is 0. The van der Waals surface area contributed by atoms with Crippen molar-refractivity contribution in [1.29, 1.82) is 0 Å². The third-order valence-electron chi connectivity index (χ3n) is 2.80. The lowest BCUT2D eigenvalue weighted by atomic mass is 10.0. The van der Waals surface area contributed by atoms with Gasteiger partial charge in [0.15, 0.2) is 0 Å². The molecule has 0 aliphatic heterocycles. The number of likely N-dealkylation sites (N-methyl/N-ethyl adjacent to an activating group) is 1. The van der Waals surface area contributed by atoms with Crippen LogP contribution in [0.4, 0.5) is 0 Å². The van der Waals surface area contributed by atoms with Gasteiger partial charge in [-0.3, -0.25) is 4.79 Å². The van der Waals surface area contributed by atoms with Crippen molar-refractivity contribution in [3.63, 3.8) is 0 Å². The van der Waals surface area contributed by atoms with Gasteiger partial charge < -0.3 is 10.6 Å². The minimum atomic E-state index is 0.0410. The third kappa shape index (κ3) is 4.19. The molecule has 0 saturated carbocycles. The Morgan fingerprint density at radius 2 is 2.06 bits per heavy atom. The molecule has 0 aliphatic carbocycles. The molecule has 1 aromatic rings. The molecule has 1 unspecified atom stereocenters. The molecule has 0 saturated heterocycles. The molecule has 1 amide bonds. The van der Waals surface area contributed by atoms with Crippen LogP contribution in [0.25, 0.3) is 0 Å². The maximum absolute atomic E-state index is 11.6.